The van der Waals surface area contributed by atoms with Crippen LogP contribution in [0.3, 0.4) is 0 Å². The second kappa shape index (κ2) is 6.19. The zero-order valence-electron chi connectivity index (χ0n) is 11.0. The number of rotatable bonds is 5. The van der Waals surface area contributed by atoms with Gasteiger partial charge in [0.2, 0.25) is 0 Å². The predicted octanol–water partition coefficient (Wildman–Crippen LogP) is 0.0935. The van der Waals surface area contributed by atoms with Crippen molar-refractivity contribution in [1.29, 1.82) is 0 Å². The Morgan fingerprint density at radius 3 is 2.67 bits per heavy atom. The molecule has 0 aliphatic heterocycles. The minimum Gasteiger partial charge on any atom is -0.480 e. The van der Waals surface area contributed by atoms with Gasteiger partial charge in [-0.1, -0.05) is 18.2 Å². The van der Waals surface area contributed by atoms with Crippen LogP contribution in [-0.4, -0.2) is 39.7 Å². The molecule has 1 aromatic heterocycles. The maximum Gasteiger partial charge on any atom is 0.326 e. The molecule has 0 bridgehead atoms. The van der Waals surface area contributed by atoms with Gasteiger partial charge in [-0.2, -0.15) is 0 Å². The van der Waals surface area contributed by atoms with Gasteiger partial charge in [-0.05, 0) is 17.5 Å². The monoisotopic (exact) mass is 290 g/mol. The van der Waals surface area contributed by atoms with Crippen LogP contribution in [0.5, 0.6) is 0 Å². The summed E-state index contributed by atoms with van der Waals surface area (Å²) in [7, 11) is 0. The predicted molar refractivity (Wildman–Crippen MR) is 75.2 cm³/mol. The number of carbonyl (C=O) groups is 2. The molecule has 0 saturated heterocycles. The maximum absolute atomic E-state index is 12.0. The number of aromatic nitrogens is 1. The molecule has 0 radical (unpaired) electrons. The first-order chi connectivity index (χ1) is 10.0. The second-order valence-electron chi connectivity index (χ2n) is 4.48. The van der Waals surface area contributed by atoms with E-state index in [2.05, 4.69) is 10.3 Å². The van der Waals surface area contributed by atoms with Crippen LogP contribution in [0, 0.1) is 0 Å². The van der Waals surface area contributed by atoms with E-state index in [1.165, 1.54) is 6.07 Å². The number of carboxylic acids is 1. The minimum absolute atomic E-state index is 0.0251. The van der Waals surface area contributed by atoms with Crippen molar-refractivity contribution in [2.45, 2.75) is 12.5 Å². The Balaban J connectivity index is 2.31. The van der Waals surface area contributed by atoms with Crippen molar-refractivity contribution in [2.24, 2.45) is 0 Å². The van der Waals surface area contributed by atoms with Gasteiger partial charge in [-0.15, -0.1) is 0 Å². The highest BCUT2D eigenvalue weighted by Gasteiger charge is 2.20. The molecule has 7 heteroatoms. The number of carboxylic acid groups (broad SMARTS) is 1. The second-order valence-corrected chi connectivity index (χ2v) is 4.48. The highest BCUT2D eigenvalue weighted by molar-refractivity contribution is 5.98. The van der Waals surface area contributed by atoms with Crippen LogP contribution in [0.1, 0.15) is 16.9 Å². The normalized spacial score (nSPS) is 12.0. The summed E-state index contributed by atoms with van der Waals surface area (Å²) in [6.07, 6.45) is -0.112. The number of aliphatic hydroxyl groups excluding tert-OH is 1. The molecule has 0 aliphatic rings. The minimum atomic E-state index is -1.25. The van der Waals surface area contributed by atoms with E-state index in [0.29, 0.717) is 10.8 Å². The first-order valence-electron chi connectivity index (χ1n) is 6.29. The lowest BCUT2D eigenvalue weighted by Gasteiger charge is -2.13. The summed E-state index contributed by atoms with van der Waals surface area (Å²) in [4.78, 5) is 37.2. The number of amides is 1. The Bertz CT molecular complexity index is 737. The summed E-state index contributed by atoms with van der Waals surface area (Å²) in [5, 5.41) is 21.0. The zero-order valence-corrected chi connectivity index (χ0v) is 11.0. The maximum atomic E-state index is 12.0. The fraction of sp³-hybridized carbons (Fsp3) is 0.214. The van der Waals surface area contributed by atoms with Gasteiger partial charge in [0.15, 0.2) is 0 Å². The van der Waals surface area contributed by atoms with Crippen molar-refractivity contribution in [1.82, 2.24) is 10.3 Å². The molecule has 7 nitrogen and oxygen atoms in total. The molecular formula is C14H14N2O5. The molecule has 2 aromatic rings. The van der Waals surface area contributed by atoms with Gasteiger partial charge in [0.25, 0.3) is 11.5 Å². The molecule has 2 rings (SSSR count). The van der Waals surface area contributed by atoms with Gasteiger partial charge in [-0.25, -0.2) is 4.79 Å². The highest BCUT2D eigenvalue weighted by atomic mass is 16.4. The molecule has 0 fully saturated rings. The van der Waals surface area contributed by atoms with Gasteiger partial charge < -0.3 is 20.5 Å². The molecule has 21 heavy (non-hydrogen) atoms. The fourth-order valence-electron chi connectivity index (χ4n) is 1.96. The molecule has 1 unspecified atom stereocenters. The summed E-state index contributed by atoms with van der Waals surface area (Å²) in [5.74, 6) is -1.96. The van der Waals surface area contributed by atoms with Gasteiger partial charge in [-0.3, -0.25) is 9.59 Å². The standard InChI is InChI=1S/C14H14N2O5/c17-6-5-10(14(20)21)15-13(19)11-7-8-3-1-2-4-9(8)12(18)16-11/h1-4,7,10,17H,5-6H2,(H,15,19)(H,16,18)(H,20,21). The SMILES string of the molecule is O=C(NC(CCO)C(=O)O)c1cc2ccccc2c(=O)[nH]1. The van der Waals surface area contributed by atoms with Gasteiger partial charge >= 0.3 is 5.97 Å². The van der Waals surface area contributed by atoms with Crippen molar-refractivity contribution in [3.8, 4) is 0 Å². The quantitative estimate of drug-likeness (QED) is 0.622. The third-order valence-corrected chi connectivity index (χ3v) is 3.02. The third kappa shape index (κ3) is 3.26. The number of aliphatic hydroxyl groups is 1. The highest BCUT2D eigenvalue weighted by Crippen LogP contribution is 2.10. The van der Waals surface area contributed by atoms with Gasteiger partial charge in [0, 0.05) is 18.4 Å². The number of benzene rings is 1. The van der Waals surface area contributed by atoms with E-state index in [1.54, 1.807) is 24.3 Å². The lowest BCUT2D eigenvalue weighted by Crippen LogP contribution is -2.42. The van der Waals surface area contributed by atoms with Crippen LogP contribution in [0.25, 0.3) is 10.8 Å². The Morgan fingerprint density at radius 2 is 2.00 bits per heavy atom. The van der Waals surface area contributed by atoms with Crippen LogP contribution >= 0.6 is 0 Å². The van der Waals surface area contributed by atoms with E-state index in [0.717, 1.165) is 0 Å². The van der Waals surface area contributed by atoms with Crippen molar-refractivity contribution in [3.63, 3.8) is 0 Å². The molecule has 1 amide bonds. The number of aliphatic carboxylic acids is 1. The number of hydrogen-bond donors (Lipinski definition) is 4. The van der Waals surface area contributed by atoms with Crippen LogP contribution < -0.4 is 10.9 Å². The molecule has 0 spiro atoms. The Kier molecular flexibility index (Phi) is 4.34. The van der Waals surface area contributed by atoms with Gasteiger partial charge in [0.1, 0.15) is 11.7 Å². The lowest BCUT2D eigenvalue weighted by atomic mass is 10.1. The van der Waals surface area contributed by atoms with Crippen LogP contribution in [-0.2, 0) is 4.79 Å². The Hall–Kier alpha value is -2.67. The van der Waals surface area contributed by atoms with E-state index in [4.69, 9.17) is 10.2 Å². The van der Waals surface area contributed by atoms with E-state index in [1.807, 2.05) is 0 Å². The van der Waals surface area contributed by atoms with Crippen molar-refractivity contribution in [3.05, 3.63) is 46.4 Å². The zero-order chi connectivity index (χ0) is 15.4. The number of pyridine rings is 1. The number of fused-ring (bicyclic) bond motifs is 1. The van der Waals surface area contributed by atoms with E-state index < -0.39 is 23.5 Å². The van der Waals surface area contributed by atoms with Crippen LogP contribution in [0.15, 0.2) is 35.1 Å². The first kappa shape index (κ1) is 14.7. The van der Waals surface area contributed by atoms with Crippen molar-refractivity contribution in [2.75, 3.05) is 6.61 Å². The third-order valence-electron chi connectivity index (χ3n) is 3.02. The summed E-state index contributed by atoms with van der Waals surface area (Å²) in [6, 6.07) is 7.02. The summed E-state index contributed by atoms with van der Waals surface area (Å²) >= 11 is 0. The molecule has 1 heterocycles. The van der Waals surface area contributed by atoms with E-state index in [-0.39, 0.29) is 18.7 Å². The first-order valence-corrected chi connectivity index (χ1v) is 6.29. The lowest BCUT2D eigenvalue weighted by molar-refractivity contribution is -0.139. The molecule has 1 aromatic carbocycles. The number of nitrogens with one attached hydrogen (secondary N) is 2. The number of hydrogen-bond acceptors (Lipinski definition) is 4. The molecule has 4 N–H and O–H groups in total. The van der Waals surface area contributed by atoms with Crippen molar-refractivity contribution < 1.29 is 19.8 Å². The average molecular weight is 290 g/mol. The number of H-pyrrole nitrogens is 1. The van der Waals surface area contributed by atoms with Crippen LogP contribution in [0.4, 0.5) is 0 Å². The number of carbonyl (C=O) groups excluding carboxylic acids is 1. The van der Waals surface area contributed by atoms with Crippen molar-refractivity contribution >= 4 is 22.6 Å². The topological polar surface area (TPSA) is 119 Å². The summed E-state index contributed by atoms with van der Waals surface area (Å²) in [5.41, 5.74) is -0.449. The Morgan fingerprint density at radius 1 is 1.29 bits per heavy atom. The smallest absolute Gasteiger partial charge is 0.326 e. The molecular weight excluding hydrogens is 276 g/mol. The largest absolute Gasteiger partial charge is 0.480 e. The van der Waals surface area contributed by atoms with E-state index >= 15 is 0 Å². The number of aromatic amines is 1. The van der Waals surface area contributed by atoms with Crippen LogP contribution in [0.2, 0.25) is 0 Å². The molecule has 0 aliphatic carbocycles. The fourth-order valence-corrected chi connectivity index (χ4v) is 1.96. The van der Waals surface area contributed by atoms with E-state index in [9.17, 15) is 14.4 Å². The summed E-state index contributed by atoms with van der Waals surface area (Å²) < 4.78 is 0. The Labute approximate surface area is 119 Å². The molecule has 1 atom stereocenters. The average Bonchev–Trinajstić information content (AvgIpc) is 2.46. The molecule has 110 valence electrons. The summed E-state index contributed by atoms with van der Waals surface area (Å²) in [6.45, 7) is -0.370. The molecule has 0 saturated carbocycles. The van der Waals surface area contributed by atoms with Gasteiger partial charge in [0.05, 0.1) is 0 Å².